The number of hydrogen-bond donors (Lipinski definition) is 3. The summed E-state index contributed by atoms with van der Waals surface area (Å²) >= 11 is 0. The lowest BCUT2D eigenvalue weighted by Crippen LogP contribution is -2.64. The molecule has 0 aliphatic heterocycles. The first-order chi connectivity index (χ1) is 11.8. The van der Waals surface area contributed by atoms with Crippen LogP contribution in [0.5, 0.6) is 0 Å². The van der Waals surface area contributed by atoms with Crippen LogP contribution in [0.25, 0.3) is 0 Å². The molecule has 6 nitrogen and oxygen atoms in total. The van der Waals surface area contributed by atoms with Crippen LogP contribution in [0.15, 0.2) is 0 Å². The summed E-state index contributed by atoms with van der Waals surface area (Å²) in [6.45, 7) is 11.2. The summed E-state index contributed by atoms with van der Waals surface area (Å²) in [5.41, 5.74) is 3.65. The highest BCUT2D eigenvalue weighted by molar-refractivity contribution is 6.04. The molecule has 152 valence electrons. The van der Waals surface area contributed by atoms with Gasteiger partial charge in [-0.05, 0) is 23.7 Å². The first kappa shape index (κ1) is 22.9. The van der Waals surface area contributed by atoms with Gasteiger partial charge in [0.25, 0.3) is 0 Å². The maximum absolute atomic E-state index is 13.8. The Morgan fingerprint density at radius 3 is 1.58 bits per heavy atom. The van der Waals surface area contributed by atoms with E-state index < -0.39 is 34.2 Å². The SMILES string of the molecule is CC(C)(C)[C@H](CO)N(C(=O)C1(C(N)=O)CCCCC1)[C@@H](CO)C(C)(C)C. The van der Waals surface area contributed by atoms with Crippen molar-refractivity contribution >= 4 is 11.8 Å². The summed E-state index contributed by atoms with van der Waals surface area (Å²) in [5.74, 6) is -0.934. The van der Waals surface area contributed by atoms with E-state index >= 15 is 0 Å². The van der Waals surface area contributed by atoms with E-state index in [-0.39, 0.29) is 19.1 Å². The largest absolute Gasteiger partial charge is 0.394 e. The van der Waals surface area contributed by atoms with Crippen molar-refractivity contribution in [1.29, 1.82) is 0 Å². The predicted octanol–water partition coefficient (Wildman–Crippen LogP) is 2.06. The summed E-state index contributed by atoms with van der Waals surface area (Å²) in [7, 11) is 0. The number of carbonyl (C=O) groups excluding carboxylic acids is 2. The van der Waals surface area contributed by atoms with Crippen LogP contribution >= 0.6 is 0 Å². The van der Waals surface area contributed by atoms with E-state index in [0.29, 0.717) is 12.8 Å². The van der Waals surface area contributed by atoms with Crippen molar-refractivity contribution in [3.05, 3.63) is 0 Å². The minimum atomic E-state index is -1.24. The molecule has 0 saturated heterocycles. The molecular weight excluding hydrogens is 332 g/mol. The van der Waals surface area contributed by atoms with Gasteiger partial charge in [-0.1, -0.05) is 60.8 Å². The number of primary amides is 1. The summed E-state index contributed by atoms with van der Waals surface area (Å²) in [6, 6.07) is -1.05. The topological polar surface area (TPSA) is 104 Å². The maximum atomic E-state index is 13.8. The zero-order chi connectivity index (χ0) is 20.3. The number of nitrogens with two attached hydrogens (primary N) is 1. The van der Waals surface area contributed by atoms with Crippen LogP contribution < -0.4 is 5.73 Å². The minimum Gasteiger partial charge on any atom is -0.394 e. The summed E-state index contributed by atoms with van der Waals surface area (Å²) in [4.78, 5) is 27.7. The Balaban J connectivity index is 3.51. The monoisotopic (exact) mass is 370 g/mol. The lowest BCUT2D eigenvalue weighted by molar-refractivity contribution is -0.164. The van der Waals surface area contributed by atoms with Crippen LogP contribution in [0.1, 0.15) is 73.6 Å². The molecule has 26 heavy (non-hydrogen) atoms. The number of carbonyl (C=O) groups is 2. The van der Waals surface area contributed by atoms with Crippen LogP contribution in [-0.4, -0.2) is 52.2 Å². The van der Waals surface area contributed by atoms with Gasteiger partial charge in [0.2, 0.25) is 11.8 Å². The fraction of sp³-hybridized carbons (Fsp3) is 0.900. The summed E-state index contributed by atoms with van der Waals surface area (Å²) in [6.07, 6.45) is 3.40. The molecule has 1 saturated carbocycles. The second kappa shape index (κ2) is 8.26. The molecule has 0 spiro atoms. The Bertz CT molecular complexity index is 477. The van der Waals surface area contributed by atoms with Gasteiger partial charge in [-0.2, -0.15) is 0 Å². The van der Waals surface area contributed by atoms with E-state index in [2.05, 4.69) is 0 Å². The molecule has 1 aliphatic carbocycles. The second-order valence-corrected chi connectivity index (χ2v) is 9.85. The van der Waals surface area contributed by atoms with Gasteiger partial charge in [-0.3, -0.25) is 9.59 Å². The number of aliphatic hydroxyl groups excluding tert-OH is 2. The molecular formula is C20H38N2O4. The Hall–Kier alpha value is -1.14. The molecule has 0 bridgehead atoms. The molecule has 2 atom stereocenters. The predicted molar refractivity (Wildman–Crippen MR) is 102 cm³/mol. The van der Waals surface area contributed by atoms with Gasteiger partial charge in [-0.25, -0.2) is 0 Å². The van der Waals surface area contributed by atoms with Gasteiger partial charge in [0, 0.05) is 0 Å². The summed E-state index contributed by atoms with van der Waals surface area (Å²) < 4.78 is 0. The molecule has 2 amide bonds. The average Bonchev–Trinajstić information content (AvgIpc) is 2.52. The fourth-order valence-electron chi connectivity index (χ4n) is 4.03. The van der Waals surface area contributed by atoms with Gasteiger partial charge in [0.15, 0.2) is 0 Å². The van der Waals surface area contributed by atoms with Crippen molar-refractivity contribution in [1.82, 2.24) is 4.90 Å². The van der Waals surface area contributed by atoms with Crippen LogP contribution in [0, 0.1) is 16.2 Å². The number of amides is 2. The van der Waals surface area contributed by atoms with Crippen molar-refractivity contribution in [2.45, 2.75) is 85.7 Å². The number of hydrogen-bond acceptors (Lipinski definition) is 4. The Kier molecular flexibility index (Phi) is 7.27. The Morgan fingerprint density at radius 2 is 1.31 bits per heavy atom. The molecule has 4 N–H and O–H groups in total. The second-order valence-electron chi connectivity index (χ2n) is 9.85. The number of rotatable bonds is 6. The lowest BCUT2D eigenvalue weighted by atomic mass is 9.70. The highest BCUT2D eigenvalue weighted by Gasteiger charge is 2.52. The average molecular weight is 371 g/mol. The van der Waals surface area contributed by atoms with Gasteiger partial charge in [0.1, 0.15) is 5.41 Å². The van der Waals surface area contributed by atoms with Crippen LogP contribution in [0.4, 0.5) is 0 Å². The number of aliphatic hydroxyl groups is 2. The molecule has 1 aliphatic rings. The van der Waals surface area contributed by atoms with E-state index in [1.807, 2.05) is 41.5 Å². The fourth-order valence-corrected chi connectivity index (χ4v) is 4.03. The highest BCUT2D eigenvalue weighted by atomic mass is 16.3. The molecule has 0 heterocycles. The molecule has 0 aromatic heterocycles. The van der Waals surface area contributed by atoms with Gasteiger partial charge in [-0.15, -0.1) is 0 Å². The van der Waals surface area contributed by atoms with E-state index in [1.54, 1.807) is 4.90 Å². The van der Waals surface area contributed by atoms with E-state index in [9.17, 15) is 19.8 Å². The highest BCUT2D eigenvalue weighted by Crippen LogP contribution is 2.42. The van der Waals surface area contributed by atoms with Crippen molar-refractivity contribution in [3.63, 3.8) is 0 Å². The Morgan fingerprint density at radius 1 is 0.923 bits per heavy atom. The molecule has 6 heteroatoms. The van der Waals surface area contributed by atoms with Gasteiger partial charge >= 0.3 is 0 Å². The molecule has 0 aromatic carbocycles. The van der Waals surface area contributed by atoms with Crippen molar-refractivity contribution in [2.24, 2.45) is 22.0 Å². The zero-order valence-electron chi connectivity index (χ0n) is 17.3. The van der Waals surface area contributed by atoms with Gasteiger partial charge < -0.3 is 20.8 Å². The van der Waals surface area contributed by atoms with Crippen molar-refractivity contribution in [3.8, 4) is 0 Å². The first-order valence-corrected chi connectivity index (χ1v) is 9.67. The molecule has 0 aromatic rings. The smallest absolute Gasteiger partial charge is 0.238 e. The lowest BCUT2D eigenvalue weighted by Gasteiger charge is -2.50. The van der Waals surface area contributed by atoms with E-state index in [1.165, 1.54) is 0 Å². The standard InChI is InChI=1S/C20H38N2O4/c1-18(2,3)14(12-23)22(15(13-24)19(4,5)6)17(26)20(16(21)25)10-8-7-9-11-20/h14-15,23-24H,7-13H2,1-6H3,(H2,21,25)/t14-,15-/m0/s1. The zero-order valence-corrected chi connectivity index (χ0v) is 17.3. The molecule has 1 rings (SSSR count). The Labute approximate surface area is 158 Å². The molecule has 1 fully saturated rings. The first-order valence-electron chi connectivity index (χ1n) is 9.67. The van der Waals surface area contributed by atoms with Crippen LogP contribution in [0.2, 0.25) is 0 Å². The van der Waals surface area contributed by atoms with Crippen molar-refractivity contribution in [2.75, 3.05) is 13.2 Å². The van der Waals surface area contributed by atoms with Crippen LogP contribution in [-0.2, 0) is 9.59 Å². The third-order valence-corrected chi connectivity index (χ3v) is 5.84. The van der Waals surface area contributed by atoms with Crippen LogP contribution in [0.3, 0.4) is 0 Å². The summed E-state index contributed by atoms with van der Waals surface area (Å²) in [5, 5.41) is 20.2. The minimum absolute atomic E-state index is 0.239. The third kappa shape index (κ3) is 4.58. The molecule has 0 unspecified atom stereocenters. The normalized spacial score (nSPS) is 20.3. The van der Waals surface area contributed by atoms with Gasteiger partial charge in [0.05, 0.1) is 25.3 Å². The number of nitrogens with zero attached hydrogens (tertiary/aromatic N) is 1. The third-order valence-electron chi connectivity index (χ3n) is 5.84. The van der Waals surface area contributed by atoms with E-state index in [0.717, 1.165) is 19.3 Å². The quantitative estimate of drug-likeness (QED) is 0.623. The van der Waals surface area contributed by atoms with Crippen molar-refractivity contribution < 1.29 is 19.8 Å². The maximum Gasteiger partial charge on any atom is 0.238 e. The van der Waals surface area contributed by atoms with E-state index in [4.69, 9.17) is 5.73 Å². The molecule has 0 radical (unpaired) electrons.